The van der Waals surface area contributed by atoms with Crippen LogP contribution in [0.5, 0.6) is 0 Å². The largest absolute Gasteiger partial charge is 0.356 e. The van der Waals surface area contributed by atoms with Crippen LogP contribution in [0.25, 0.3) is 11.3 Å². The molecule has 0 bridgehead atoms. The molecular formula is C26H31ClFN7O. The summed E-state index contributed by atoms with van der Waals surface area (Å²) in [5.74, 6) is 2.30. The second kappa shape index (κ2) is 9.78. The third-order valence-electron chi connectivity index (χ3n) is 6.71. The van der Waals surface area contributed by atoms with Gasteiger partial charge in [0.2, 0.25) is 5.91 Å². The van der Waals surface area contributed by atoms with Gasteiger partial charge in [0.25, 0.3) is 0 Å². The van der Waals surface area contributed by atoms with Crippen LogP contribution in [-0.4, -0.2) is 50.6 Å². The van der Waals surface area contributed by atoms with Gasteiger partial charge in [-0.25, -0.2) is 19.3 Å². The number of fused-ring (bicyclic) bond motifs is 1. The lowest BCUT2D eigenvalue weighted by atomic mass is 9.95. The van der Waals surface area contributed by atoms with Crippen molar-refractivity contribution in [1.29, 1.82) is 0 Å². The number of benzene rings is 1. The first kappa shape index (κ1) is 24.6. The van der Waals surface area contributed by atoms with Gasteiger partial charge in [-0.05, 0) is 51.8 Å². The summed E-state index contributed by atoms with van der Waals surface area (Å²) in [6.07, 6.45) is 5.70. The predicted octanol–water partition coefficient (Wildman–Crippen LogP) is 4.40. The van der Waals surface area contributed by atoms with Crippen LogP contribution in [0.4, 0.5) is 16.0 Å². The van der Waals surface area contributed by atoms with Gasteiger partial charge in [0.05, 0.1) is 17.1 Å². The molecule has 0 spiro atoms. The zero-order valence-corrected chi connectivity index (χ0v) is 21.6. The van der Waals surface area contributed by atoms with Gasteiger partial charge >= 0.3 is 0 Å². The first-order chi connectivity index (χ1) is 17.2. The van der Waals surface area contributed by atoms with E-state index >= 15 is 0 Å². The molecule has 0 atom stereocenters. The van der Waals surface area contributed by atoms with E-state index in [0.717, 1.165) is 67.5 Å². The molecule has 0 aliphatic carbocycles. The maximum Gasteiger partial charge on any atom is 0.230 e. The maximum absolute atomic E-state index is 13.7. The zero-order chi connectivity index (χ0) is 25.4. The Kier molecular flexibility index (Phi) is 6.70. The number of anilines is 2. The minimum atomic E-state index is -0.435. The van der Waals surface area contributed by atoms with Crippen LogP contribution in [0.3, 0.4) is 0 Å². The Morgan fingerprint density at radius 2 is 2.00 bits per heavy atom. The Morgan fingerprint density at radius 3 is 2.72 bits per heavy atom. The first-order valence-corrected chi connectivity index (χ1v) is 12.7. The molecule has 5 rings (SSSR count). The summed E-state index contributed by atoms with van der Waals surface area (Å²) < 4.78 is 16.0. The van der Waals surface area contributed by atoms with Crippen molar-refractivity contribution in [2.75, 3.05) is 29.9 Å². The van der Waals surface area contributed by atoms with Crippen LogP contribution in [0.15, 0.2) is 30.7 Å². The molecule has 10 heteroatoms. The Bertz CT molecular complexity index is 1280. The van der Waals surface area contributed by atoms with Crippen LogP contribution < -0.4 is 15.5 Å². The van der Waals surface area contributed by atoms with Crippen molar-refractivity contribution in [3.8, 4) is 11.3 Å². The van der Waals surface area contributed by atoms with Crippen molar-refractivity contribution in [2.24, 2.45) is 0 Å². The second-order valence-corrected chi connectivity index (χ2v) is 10.9. The number of rotatable bonds is 6. The monoisotopic (exact) mass is 511 g/mol. The number of amides is 1. The molecule has 0 saturated carbocycles. The molecule has 36 heavy (non-hydrogen) atoms. The van der Waals surface area contributed by atoms with Crippen LogP contribution in [0.2, 0.25) is 5.02 Å². The van der Waals surface area contributed by atoms with E-state index in [1.165, 1.54) is 12.4 Å². The number of aromatic nitrogens is 4. The molecule has 2 aliphatic rings. The van der Waals surface area contributed by atoms with Gasteiger partial charge in [-0.3, -0.25) is 4.79 Å². The van der Waals surface area contributed by atoms with Crippen molar-refractivity contribution in [1.82, 2.24) is 24.8 Å². The van der Waals surface area contributed by atoms with E-state index in [4.69, 9.17) is 16.6 Å². The maximum atomic E-state index is 13.7. The highest BCUT2D eigenvalue weighted by Crippen LogP contribution is 2.35. The molecule has 1 saturated heterocycles. The van der Waals surface area contributed by atoms with Gasteiger partial charge in [0, 0.05) is 55.0 Å². The fraction of sp³-hybridized carbons (Fsp3) is 0.462. The Labute approximate surface area is 215 Å². The molecule has 1 fully saturated rings. The predicted molar refractivity (Wildman–Crippen MR) is 139 cm³/mol. The van der Waals surface area contributed by atoms with E-state index in [9.17, 15) is 9.18 Å². The van der Waals surface area contributed by atoms with E-state index in [0.29, 0.717) is 12.2 Å². The third-order valence-corrected chi connectivity index (χ3v) is 7.00. The highest BCUT2D eigenvalue weighted by Gasteiger charge is 2.30. The average molecular weight is 512 g/mol. The van der Waals surface area contributed by atoms with Crippen LogP contribution >= 0.6 is 11.6 Å². The molecular weight excluding hydrogens is 481 g/mol. The van der Waals surface area contributed by atoms with Crippen LogP contribution in [0, 0.1) is 5.82 Å². The van der Waals surface area contributed by atoms with Crippen molar-refractivity contribution in [3.63, 3.8) is 0 Å². The van der Waals surface area contributed by atoms with Gasteiger partial charge < -0.3 is 20.1 Å². The SMILES string of the molecule is CC(C)(C)NCCn1cc(-c2ccc(F)c(Cl)c2)nc1C1CCN(c2ncnc3c2CC(=O)N3)CC1. The van der Waals surface area contributed by atoms with E-state index in [1.807, 2.05) is 6.20 Å². The molecule has 0 unspecified atom stereocenters. The van der Waals surface area contributed by atoms with E-state index in [2.05, 4.69) is 50.8 Å². The number of nitrogens with one attached hydrogen (secondary N) is 2. The number of piperidine rings is 1. The van der Waals surface area contributed by atoms with Crippen molar-refractivity contribution in [3.05, 3.63) is 53.0 Å². The number of imidazole rings is 1. The highest BCUT2D eigenvalue weighted by molar-refractivity contribution is 6.31. The molecule has 2 N–H and O–H groups in total. The molecule has 1 amide bonds. The van der Waals surface area contributed by atoms with Gasteiger partial charge in [-0.1, -0.05) is 11.6 Å². The van der Waals surface area contributed by atoms with Gasteiger partial charge in [0.1, 0.15) is 29.6 Å². The molecule has 2 aromatic heterocycles. The summed E-state index contributed by atoms with van der Waals surface area (Å²) in [7, 11) is 0. The quantitative estimate of drug-likeness (QED) is 0.510. The van der Waals surface area contributed by atoms with Crippen molar-refractivity contribution >= 4 is 29.1 Å². The number of nitrogens with zero attached hydrogens (tertiary/aromatic N) is 5. The number of hydrogen-bond acceptors (Lipinski definition) is 6. The van der Waals surface area contributed by atoms with Gasteiger partial charge in [-0.2, -0.15) is 0 Å². The Balaban J connectivity index is 1.36. The first-order valence-electron chi connectivity index (χ1n) is 12.3. The summed E-state index contributed by atoms with van der Waals surface area (Å²) >= 11 is 6.06. The molecule has 2 aliphatic heterocycles. The summed E-state index contributed by atoms with van der Waals surface area (Å²) in [5.41, 5.74) is 2.50. The molecule has 3 aromatic rings. The van der Waals surface area contributed by atoms with E-state index in [-0.39, 0.29) is 22.4 Å². The Morgan fingerprint density at radius 1 is 1.22 bits per heavy atom. The number of carbonyl (C=O) groups excluding carboxylic acids is 1. The molecule has 0 radical (unpaired) electrons. The summed E-state index contributed by atoms with van der Waals surface area (Å²) in [5, 5.41) is 6.45. The van der Waals surface area contributed by atoms with Crippen LogP contribution in [0.1, 0.15) is 50.9 Å². The zero-order valence-electron chi connectivity index (χ0n) is 20.8. The fourth-order valence-electron chi connectivity index (χ4n) is 4.91. The lowest BCUT2D eigenvalue weighted by Crippen LogP contribution is -2.38. The highest BCUT2D eigenvalue weighted by atomic mass is 35.5. The number of hydrogen-bond donors (Lipinski definition) is 2. The van der Waals surface area contributed by atoms with Gasteiger partial charge in [-0.15, -0.1) is 0 Å². The molecule has 4 heterocycles. The smallest absolute Gasteiger partial charge is 0.230 e. The van der Waals surface area contributed by atoms with Crippen LogP contribution in [-0.2, 0) is 17.8 Å². The van der Waals surface area contributed by atoms with Crippen molar-refractivity contribution in [2.45, 2.75) is 58.0 Å². The Hall–Kier alpha value is -3.04. The van der Waals surface area contributed by atoms with Gasteiger partial charge in [0.15, 0.2) is 0 Å². The van der Waals surface area contributed by atoms with E-state index in [1.54, 1.807) is 12.1 Å². The minimum Gasteiger partial charge on any atom is -0.356 e. The van der Waals surface area contributed by atoms with Crippen molar-refractivity contribution < 1.29 is 9.18 Å². The number of carbonyl (C=O) groups is 1. The fourth-order valence-corrected chi connectivity index (χ4v) is 5.09. The second-order valence-electron chi connectivity index (χ2n) is 10.5. The lowest BCUT2D eigenvalue weighted by molar-refractivity contribution is -0.115. The third kappa shape index (κ3) is 5.22. The molecule has 1 aromatic carbocycles. The molecule has 190 valence electrons. The summed E-state index contributed by atoms with van der Waals surface area (Å²) in [4.78, 5) is 27.8. The summed E-state index contributed by atoms with van der Waals surface area (Å²) in [6, 6.07) is 4.74. The normalized spacial score (nSPS) is 16.4. The number of halogens is 2. The summed E-state index contributed by atoms with van der Waals surface area (Å²) in [6.45, 7) is 9.66. The molecule has 8 nitrogen and oxygen atoms in total. The van der Waals surface area contributed by atoms with E-state index < -0.39 is 5.82 Å². The minimum absolute atomic E-state index is 0.0213. The lowest BCUT2D eigenvalue weighted by Gasteiger charge is -2.33. The standard InChI is InChI=1S/C26H31ClFN7O/c1-26(2,3)31-8-11-35-14-21(17-4-5-20(28)19(27)12-17)32-24(35)16-6-9-34(10-7-16)25-18-13-22(36)33-23(18)29-15-30-25/h4-5,12,14-16,31H,6-11,13H2,1-3H3,(H,29,30,33,36). The average Bonchev–Trinajstić information content (AvgIpc) is 3.43. The topological polar surface area (TPSA) is 88.0 Å².